The van der Waals surface area contributed by atoms with Crippen LogP contribution in [0, 0.1) is 0 Å². The Bertz CT molecular complexity index is 1440. The van der Waals surface area contributed by atoms with Crippen LogP contribution in [-0.2, 0) is 58.2 Å². The maximum atomic E-state index is 14.3. The van der Waals surface area contributed by atoms with E-state index in [1.54, 1.807) is 72.8 Å². The minimum absolute atomic E-state index is 0.0765. The van der Waals surface area contributed by atoms with Crippen molar-refractivity contribution in [3.05, 3.63) is 144 Å². The normalized spacial score (nSPS) is 14.7. The van der Waals surface area contributed by atoms with Crippen molar-refractivity contribution in [2.24, 2.45) is 0 Å². The van der Waals surface area contributed by atoms with E-state index in [2.05, 4.69) is 0 Å². The zero-order chi connectivity index (χ0) is 29.0. The third-order valence-electron chi connectivity index (χ3n) is 5.91. The minimum atomic E-state index is -4.46. The van der Waals surface area contributed by atoms with Crippen LogP contribution in [0.1, 0.15) is 22.3 Å². The van der Waals surface area contributed by atoms with Crippen LogP contribution in [0.15, 0.2) is 121 Å². The summed E-state index contributed by atoms with van der Waals surface area (Å²) in [5.41, 5.74) is 2.83. The van der Waals surface area contributed by atoms with Gasteiger partial charge in [0.15, 0.2) is 0 Å². The van der Waals surface area contributed by atoms with Crippen LogP contribution in [0.4, 0.5) is 0 Å². The van der Waals surface area contributed by atoms with E-state index < -0.39 is 34.4 Å². The average molecular weight is 615 g/mol. The predicted octanol–water partition coefficient (Wildman–Crippen LogP) is 8.43. The molecule has 0 bridgehead atoms. The highest BCUT2D eigenvalue weighted by Crippen LogP contribution is 2.69. The maximum absolute atomic E-state index is 14.3. The fourth-order valence-electron chi connectivity index (χ4n) is 3.83. The van der Waals surface area contributed by atoms with Crippen molar-refractivity contribution < 1.29 is 36.7 Å². The highest BCUT2D eigenvalue weighted by atomic mass is 31.3. The molecule has 4 rings (SSSR count). The first kappa shape index (κ1) is 31.3. The van der Waals surface area contributed by atoms with E-state index in [4.69, 9.17) is 18.1 Å². The first-order valence-corrected chi connectivity index (χ1v) is 18.4. The van der Waals surface area contributed by atoms with E-state index in [0.29, 0.717) is 11.1 Å². The van der Waals surface area contributed by atoms with Crippen LogP contribution in [-0.4, -0.2) is 16.7 Å². The van der Waals surface area contributed by atoms with Gasteiger partial charge in [-0.2, -0.15) is 0 Å². The van der Waals surface area contributed by atoms with Crippen molar-refractivity contribution in [3.63, 3.8) is 0 Å². The minimum Gasteiger partial charge on any atom is -0.324 e. The molecule has 0 heterocycles. The first-order chi connectivity index (χ1) is 19.7. The number of hydrogen-bond donors (Lipinski definition) is 1. The van der Waals surface area contributed by atoms with Gasteiger partial charge < -0.3 is 23.0 Å². The zero-order valence-electron chi connectivity index (χ0n) is 22.4. The van der Waals surface area contributed by atoms with Crippen molar-refractivity contribution >= 4 is 22.6 Å². The maximum Gasteiger partial charge on any atom is 0.340 e. The van der Waals surface area contributed by atoms with Gasteiger partial charge in [-0.25, -0.2) is 0 Å². The molecular formula is C30H33O8P3. The molecule has 2 atom stereocenters. The SMILES string of the molecule is O=P(O)(CP(=O)(CP(=O)(OCc1ccccc1)OCc1ccccc1)OCc1ccccc1)OCc1ccccc1. The summed E-state index contributed by atoms with van der Waals surface area (Å²) in [6, 6.07) is 35.9. The standard InChI is InChI=1S/C30H33O8P3/c31-39(35-21-27-13-5-1-6-14-27,25-40(32,33)36-22-28-15-7-2-8-16-28)26-41(34,37-23-29-17-9-3-10-18-29)38-24-30-19-11-4-12-20-30/h1-20H,21-26H2,(H,32,33). The smallest absolute Gasteiger partial charge is 0.324 e. The molecule has 41 heavy (non-hydrogen) atoms. The van der Waals surface area contributed by atoms with Crippen LogP contribution < -0.4 is 0 Å². The number of rotatable bonds is 16. The van der Waals surface area contributed by atoms with Crippen LogP contribution in [0.2, 0.25) is 0 Å². The molecule has 0 aromatic heterocycles. The molecule has 11 heteroatoms. The van der Waals surface area contributed by atoms with Gasteiger partial charge in [0.25, 0.3) is 0 Å². The van der Waals surface area contributed by atoms with Gasteiger partial charge in [0.1, 0.15) is 11.8 Å². The molecule has 0 radical (unpaired) electrons. The Morgan fingerprint density at radius 3 is 1.12 bits per heavy atom. The van der Waals surface area contributed by atoms with Crippen LogP contribution >= 0.6 is 22.6 Å². The third-order valence-corrected chi connectivity index (χ3v) is 14.3. The molecule has 0 saturated carbocycles. The van der Waals surface area contributed by atoms with E-state index in [1.807, 2.05) is 48.5 Å². The van der Waals surface area contributed by atoms with Gasteiger partial charge in [0.2, 0.25) is 7.37 Å². The molecule has 2 unspecified atom stereocenters. The van der Waals surface area contributed by atoms with E-state index in [1.165, 1.54) is 0 Å². The lowest BCUT2D eigenvalue weighted by molar-refractivity contribution is 0.193. The second-order valence-corrected chi connectivity index (χ2v) is 16.8. The lowest BCUT2D eigenvalue weighted by Crippen LogP contribution is -2.08. The molecule has 0 saturated heterocycles. The Morgan fingerprint density at radius 1 is 0.439 bits per heavy atom. The summed E-state index contributed by atoms with van der Waals surface area (Å²) in [6.07, 6.45) is 0. The molecule has 0 spiro atoms. The third kappa shape index (κ3) is 10.9. The Labute approximate surface area is 240 Å². The van der Waals surface area contributed by atoms with E-state index >= 15 is 0 Å². The molecule has 0 fully saturated rings. The summed E-state index contributed by atoms with van der Waals surface area (Å²) in [6.45, 7) is -0.450. The van der Waals surface area contributed by atoms with Crippen molar-refractivity contribution in [2.45, 2.75) is 26.4 Å². The number of benzene rings is 4. The highest BCUT2D eigenvalue weighted by Gasteiger charge is 2.43. The molecule has 4 aromatic rings. The molecular weight excluding hydrogens is 581 g/mol. The summed E-state index contributed by atoms with van der Waals surface area (Å²) < 4.78 is 64.3. The zero-order valence-corrected chi connectivity index (χ0v) is 25.1. The molecule has 0 aliphatic heterocycles. The molecule has 0 amide bonds. The topological polar surface area (TPSA) is 108 Å². The Morgan fingerprint density at radius 2 is 0.756 bits per heavy atom. The fraction of sp³-hybridized carbons (Fsp3) is 0.200. The predicted molar refractivity (Wildman–Crippen MR) is 160 cm³/mol. The largest absolute Gasteiger partial charge is 0.340 e. The van der Waals surface area contributed by atoms with Crippen molar-refractivity contribution in [3.8, 4) is 0 Å². The van der Waals surface area contributed by atoms with Gasteiger partial charge in [-0.1, -0.05) is 121 Å². The Kier molecular flexibility index (Phi) is 11.5. The molecule has 8 nitrogen and oxygen atoms in total. The van der Waals surface area contributed by atoms with Gasteiger partial charge in [-0.05, 0) is 22.3 Å². The molecule has 0 aliphatic rings. The van der Waals surface area contributed by atoms with Crippen LogP contribution in [0.25, 0.3) is 0 Å². The summed E-state index contributed by atoms with van der Waals surface area (Å²) in [5, 5.41) is 0. The van der Waals surface area contributed by atoms with Crippen molar-refractivity contribution in [1.82, 2.24) is 0 Å². The summed E-state index contributed by atoms with van der Waals surface area (Å²) >= 11 is 0. The van der Waals surface area contributed by atoms with E-state index in [0.717, 1.165) is 11.1 Å². The van der Waals surface area contributed by atoms with Crippen LogP contribution in [0.3, 0.4) is 0 Å². The second kappa shape index (κ2) is 15.0. The van der Waals surface area contributed by atoms with Gasteiger partial charge in [-0.15, -0.1) is 0 Å². The Balaban J connectivity index is 1.56. The fourth-order valence-corrected chi connectivity index (χ4v) is 12.4. The average Bonchev–Trinajstić information content (AvgIpc) is 2.99. The quantitative estimate of drug-likeness (QED) is 0.125. The number of hydrogen-bond acceptors (Lipinski definition) is 7. The Hall–Kier alpha value is -2.63. The second-order valence-electron chi connectivity index (χ2n) is 9.38. The first-order valence-electron chi connectivity index (χ1n) is 13.0. The summed E-state index contributed by atoms with van der Waals surface area (Å²) in [7, 11) is -12.7. The van der Waals surface area contributed by atoms with E-state index in [-0.39, 0.29) is 26.4 Å². The molecule has 4 aromatic carbocycles. The lowest BCUT2D eigenvalue weighted by atomic mass is 10.2. The molecule has 0 aliphatic carbocycles. The van der Waals surface area contributed by atoms with Gasteiger partial charge in [0, 0.05) is 0 Å². The van der Waals surface area contributed by atoms with Crippen molar-refractivity contribution in [2.75, 3.05) is 11.8 Å². The molecule has 216 valence electrons. The van der Waals surface area contributed by atoms with E-state index in [9.17, 15) is 18.6 Å². The van der Waals surface area contributed by atoms with Gasteiger partial charge in [0.05, 0.1) is 26.4 Å². The molecule has 1 N–H and O–H groups in total. The summed E-state index contributed by atoms with van der Waals surface area (Å²) in [4.78, 5) is 10.7. The lowest BCUT2D eigenvalue weighted by Gasteiger charge is -2.26. The van der Waals surface area contributed by atoms with Crippen molar-refractivity contribution in [1.29, 1.82) is 0 Å². The van der Waals surface area contributed by atoms with Crippen LogP contribution in [0.5, 0.6) is 0 Å². The van der Waals surface area contributed by atoms with Gasteiger partial charge in [-0.3, -0.25) is 13.7 Å². The summed E-state index contributed by atoms with van der Waals surface area (Å²) in [5.74, 6) is -1.56. The highest BCUT2D eigenvalue weighted by molar-refractivity contribution is 7.80. The van der Waals surface area contributed by atoms with Gasteiger partial charge >= 0.3 is 15.2 Å². The monoisotopic (exact) mass is 614 g/mol.